The third-order valence-corrected chi connectivity index (χ3v) is 2.00. The fraction of sp³-hybridized carbons (Fsp3) is 0.438. The van der Waals surface area contributed by atoms with Gasteiger partial charge in [-0.15, -0.1) is 0 Å². The van der Waals surface area contributed by atoms with E-state index < -0.39 is 0 Å². The van der Waals surface area contributed by atoms with Crippen LogP contribution >= 0.6 is 0 Å². The zero-order chi connectivity index (χ0) is 28.1. The lowest BCUT2D eigenvalue weighted by molar-refractivity contribution is 0.399. The Morgan fingerprint density at radius 2 is 0.294 bits per heavy atom. The lowest BCUT2D eigenvalue weighted by Gasteiger charge is -1.69. The molecule has 0 spiro atoms. The van der Waals surface area contributed by atoms with E-state index in [1.54, 1.807) is 0 Å². The minimum atomic E-state index is 1.00. The molecule has 34 heavy (non-hydrogen) atoms. The molecule has 0 saturated heterocycles. The maximum atomic E-state index is 7.00. The van der Waals surface area contributed by atoms with Crippen LogP contribution < -0.4 is 0 Å². The molecular weight excluding hydrogens is 416 g/mol. The van der Waals surface area contributed by atoms with E-state index >= 15 is 0 Å². The van der Waals surface area contributed by atoms with Gasteiger partial charge in [0.2, 0.25) is 0 Å². The van der Waals surface area contributed by atoms with Gasteiger partial charge in [0.1, 0.15) is 0 Å². The van der Waals surface area contributed by atoms with E-state index in [0.717, 1.165) is 14.2 Å². The summed E-state index contributed by atoms with van der Waals surface area (Å²) in [6.07, 6.45) is 2.50. The SMILES string of the molecule is CC.CC.CC.CCC.CCC.CO.CO.c1ccccc1.c1ccccc1.c1ccccc1. The van der Waals surface area contributed by atoms with Crippen LogP contribution in [-0.4, -0.2) is 24.4 Å². The Bertz CT molecular complexity index is 328. The molecule has 2 N–H and O–H groups in total. The van der Waals surface area contributed by atoms with Crippen LogP contribution in [-0.2, 0) is 0 Å². The van der Waals surface area contributed by atoms with Crippen LogP contribution in [0.5, 0.6) is 0 Å². The highest BCUT2D eigenvalue weighted by atomic mass is 16.2. The van der Waals surface area contributed by atoms with E-state index in [-0.39, 0.29) is 0 Å². The van der Waals surface area contributed by atoms with Crippen LogP contribution in [0.15, 0.2) is 109 Å². The second-order valence-electron chi connectivity index (χ2n) is 4.88. The first-order valence-electron chi connectivity index (χ1n) is 12.7. The summed E-state index contributed by atoms with van der Waals surface area (Å²) in [5.41, 5.74) is 0. The highest BCUT2D eigenvalue weighted by Gasteiger charge is 1.59. The quantitative estimate of drug-likeness (QED) is 0.339. The molecule has 0 bridgehead atoms. The minimum absolute atomic E-state index is 1.00. The Kier molecular flexibility index (Phi) is 124. The topological polar surface area (TPSA) is 40.5 Å². The molecule has 2 heteroatoms. The fourth-order valence-corrected chi connectivity index (χ4v) is 1.15. The summed E-state index contributed by atoms with van der Waals surface area (Å²) in [5.74, 6) is 0. The summed E-state index contributed by atoms with van der Waals surface area (Å²) in [6, 6.07) is 36.0. The molecule has 0 unspecified atom stereocenters. The molecule has 0 amide bonds. The smallest absolute Gasteiger partial charge is 0.0319 e. The van der Waals surface area contributed by atoms with Gasteiger partial charge in [0, 0.05) is 14.2 Å². The first kappa shape index (κ1) is 48.9. The zero-order valence-electron chi connectivity index (χ0n) is 24.7. The minimum Gasteiger partial charge on any atom is -0.400 e. The average molecular weight is 477 g/mol. The Labute approximate surface area is 215 Å². The van der Waals surface area contributed by atoms with E-state index in [1.807, 2.05) is 151 Å². The molecule has 3 rings (SSSR count). The monoisotopic (exact) mass is 476 g/mol. The molecule has 0 radical (unpaired) electrons. The van der Waals surface area contributed by atoms with E-state index in [1.165, 1.54) is 12.8 Å². The van der Waals surface area contributed by atoms with Gasteiger partial charge in [-0.3, -0.25) is 0 Å². The molecule has 0 aliphatic carbocycles. The molecule has 0 atom stereocenters. The molecule has 0 heterocycles. The van der Waals surface area contributed by atoms with Crippen molar-refractivity contribution in [1.29, 1.82) is 0 Å². The number of rotatable bonds is 0. The highest BCUT2D eigenvalue weighted by Crippen LogP contribution is 1.81. The molecule has 200 valence electrons. The molecule has 3 aromatic rings. The zero-order valence-corrected chi connectivity index (χ0v) is 24.7. The first-order valence-corrected chi connectivity index (χ1v) is 12.7. The summed E-state index contributed by atoms with van der Waals surface area (Å²) in [4.78, 5) is 0. The van der Waals surface area contributed by atoms with E-state index in [9.17, 15) is 0 Å². The van der Waals surface area contributed by atoms with Crippen molar-refractivity contribution in [2.24, 2.45) is 0 Å². The summed E-state index contributed by atoms with van der Waals surface area (Å²) < 4.78 is 0. The maximum Gasteiger partial charge on any atom is 0.0319 e. The Hall–Kier alpha value is -2.42. The molecule has 3 aromatic carbocycles. The highest BCUT2D eigenvalue weighted by molar-refractivity contribution is 5.00. The van der Waals surface area contributed by atoms with E-state index in [2.05, 4.69) is 27.7 Å². The van der Waals surface area contributed by atoms with Gasteiger partial charge in [-0.05, 0) is 0 Å². The van der Waals surface area contributed by atoms with Gasteiger partial charge >= 0.3 is 0 Å². The molecule has 0 aliphatic rings. The van der Waals surface area contributed by atoms with Crippen LogP contribution in [0.25, 0.3) is 0 Å². The fourth-order valence-electron chi connectivity index (χ4n) is 1.15. The predicted molar refractivity (Wildman–Crippen MR) is 162 cm³/mol. The number of aliphatic hydroxyl groups excluding tert-OH is 2. The van der Waals surface area contributed by atoms with Gasteiger partial charge < -0.3 is 10.2 Å². The van der Waals surface area contributed by atoms with Gasteiger partial charge in [0.05, 0.1) is 0 Å². The standard InChI is InChI=1S/3C6H6.2C3H8.3C2H6.2CH4O/c3*1-2-4-6-5-3-1;2*1-3-2;5*1-2/h3*1-6H;2*3H2,1-2H3;3*1-2H3;2*2H,1H3. The third-order valence-electron chi connectivity index (χ3n) is 2.00. The molecule has 0 aromatic heterocycles. The van der Waals surface area contributed by atoms with Gasteiger partial charge in [0.25, 0.3) is 0 Å². The van der Waals surface area contributed by atoms with Crippen molar-refractivity contribution in [2.75, 3.05) is 14.2 Å². The number of hydrogen-bond donors (Lipinski definition) is 2. The first-order chi connectivity index (χ1) is 16.8. The number of hydrogen-bond acceptors (Lipinski definition) is 2. The van der Waals surface area contributed by atoms with Gasteiger partial charge in [-0.25, -0.2) is 0 Å². The van der Waals surface area contributed by atoms with Crippen molar-refractivity contribution >= 4 is 0 Å². The van der Waals surface area contributed by atoms with Crippen molar-refractivity contribution in [3.63, 3.8) is 0 Å². The lowest BCUT2D eigenvalue weighted by atomic mass is 10.4. The Balaban J connectivity index is -0.0000000501. The largest absolute Gasteiger partial charge is 0.400 e. The van der Waals surface area contributed by atoms with Gasteiger partial charge in [-0.1, -0.05) is 191 Å². The second kappa shape index (κ2) is 86.6. The second-order valence-corrected chi connectivity index (χ2v) is 4.88. The van der Waals surface area contributed by atoms with Crippen LogP contribution in [0.4, 0.5) is 0 Å². The molecular formula is C32H60O2. The van der Waals surface area contributed by atoms with Crippen molar-refractivity contribution in [1.82, 2.24) is 0 Å². The predicted octanol–water partition coefficient (Wildman–Crippen LogP) is 10.2. The average Bonchev–Trinajstić information content (AvgIpc) is 2.98. The number of benzene rings is 3. The molecule has 0 aliphatic heterocycles. The Morgan fingerprint density at radius 3 is 0.324 bits per heavy atom. The van der Waals surface area contributed by atoms with Gasteiger partial charge in [0.15, 0.2) is 0 Å². The summed E-state index contributed by atoms with van der Waals surface area (Å²) in [5, 5.41) is 14.0. The van der Waals surface area contributed by atoms with Crippen molar-refractivity contribution in [3.05, 3.63) is 109 Å². The van der Waals surface area contributed by atoms with Gasteiger partial charge in [-0.2, -0.15) is 0 Å². The summed E-state index contributed by atoms with van der Waals surface area (Å²) >= 11 is 0. The van der Waals surface area contributed by atoms with Crippen molar-refractivity contribution < 1.29 is 10.2 Å². The maximum absolute atomic E-state index is 7.00. The summed E-state index contributed by atoms with van der Waals surface area (Å²) in [7, 11) is 2.00. The van der Waals surface area contributed by atoms with Crippen molar-refractivity contribution in [2.45, 2.75) is 82.1 Å². The molecule has 0 fully saturated rings. The van der Waals surface area contributed by atoms with Crippen LogP contribution in [0.1, 0.15) is 82.1 Å². The van der Waals surface area contributed by atoms with Crippen LogP contribution in [0.2, 0.25) is 0 Å². The Morgan fingerprint density at radius 1 is 0.265 bits per heavy atom. The van der Waals surface area contributed by atoms with Crippen LogP contribution in [0, 0.1) is 0 Å². The van der Waals surface area contributed by atoms with E-state index in [0.29, 0.717) is 0 Å². The van der Waals surface area contributed by atoms with Crippen molar-refractivity contribution in [3.8, 4) is 0 Å². The van der Waals surface area contributed by atoms with E-state index in [4.69, 9.17) is 10.2 Å². The lowest BCUT2D eigenvalue weighted by Crippen LogP contribution is -1.47. The molecule has 2 nitrogen and oxygen atoms in total. The molecule has 0 saturated carbocycles. The number of aliphatic hydroxyl groups is 2. The summed E-state index contributed by atoms with van der Waals surface area (Å²) in [6.45, 7) is 20.5. The van der Waals surface area contributed by atoms with Crippen LogP contribution in [0.3, 0.4) is 0 Å². The third kappa shape index (κ3) is 99.5. The normalized spacial score (nSPS) is 6.18.